The van der Waals surface area contributed by atoms with E-state index in [1.807, 2.05) is 12.1 Å². The summed E-state index contributed by atoms with van der Waals surface area (Å²) >= 11 is 0. The lowest BCUT2D eigenvalue weighted by molar-refractivity contribution is 0.297. The molecule has 0 spiro atoms. The minimum Gasteiger partial charge on any atom is -0.461 e. The summed E-state index contributed by atoms with van der Waals surface area (Å²) in [6.45, 7) is 1.02. The molecule has 2 aromatic heterocycles. The maximum Gasteiger partial charge on any atom is 0.244 e. The zero-order chi connectivity index (χ0) is 10.8. The minimum absolute atomic E-state index is 0.199. The third kappa shape index (κ3) is 1.74. The summed E-state index contributed by atoms with van der Waals surface area (Å²) in [6, 6.07) is 3.83. The second-order valence-electron chi connectivity index (χ2n) is 3.94. The van der Waals surface area contributed by atoms with Crippen LogP contribution in [0.25, 0.3) is 11.6 Å². The highest BCUT2D eigenvalue weighted by Gasteiger charge is 2.21. The van der Waals surface area contributed by atoms with E-state index < -0.39 is 0 Å². The van der Waals surface area contributed by atoms with Crippen LogP contribution in [0.2, 0.25) is 0 Å². The third-order valence-corrected chi connectivity index (χ3v) is 2.79. The van der Waals surface area contributed by atoms with Crippen LogP contribution in [-0.2, 0) is 0 Å². The summed E-state index contributed by atoms with van der Waals surface area (Å²) in [6.07, 6.45) is 5.08. The van der Waals surface area contributed by atoms with Crippen LogP contribution in [-0.4, -0.2) is 16.7 Å². The molecule has 0 unspecified atom stereocenters. The van der Waals surface area contributed by atoms with Crippen molar-refractivity contribution in [2.24, 2.45) is 0 Å². The average Bonchev–Trinajstić information content (AvgIpc) is 3.01. The molecule has 0 saturated carbocycles. The van der Waals surface area contributed by atoms with Gasteiger partial charge in [-0.15, -0.1) is 0 Å². The first-order chi connectivity index (χ1) is 7.93. The van der Waals surface area contributed by atoms with Crippen LogP contribution in [0.1, 0.15) is 31.2 Å². The molecule has 1 atom stereocenters. The Labute approximate surface area is 92.8 Å². The largest absolute Gasteiger partial charge is 0.461 e. The molecule has 0 radical (unpaired) electrons. The number of hydrogen-bond acceptors (Lipinski definition) is 5. The summed E-state index contributed by atoms with van der Waals surface area (Å²) in [4.78, 5) is 4.34. The molecule has 1 aliphatic heterocycles. The van der Waals surface area contributed by atoms with Gasteiger partial charge in [-0.1, -0.05) is 11.6 Å². The van der Waals surface area contributed by atoms with Gasteiger partial charge in [0, 0.05) is 0 Å². The summed E-state index contributed by atoms with van der Waals surface area (Å²) in [7, 11) is 0. The smallest absolute Gasteiger partial charge is 0.244 e. The van der Waals surface area contributed by atoms with Gasteiger partial charge in [-0.3, -0.25) is 0 Å². The Balaban J connectivity index is 1.82. The Hall–Kier alpha value is -1.62. The molecular weight excluding hydrogens is 206 g/mol. The average molecular weight is 219 g/mol. The van der Waals surface area contributed by atoms with E-state index in [9.17, 15) is 0 Å². The monoisotopic (exact) mass is 219 g/mol. The molecule has 1 saturated heterocycles. The van der Waals surface area contributed by atoms with Gasteiger partial charge in [0.05, 0.1) is 12.3 Å². The number of aromatic nitrogens is 2. The van der Waals surface area contributed by atoms with Crippen molar-refractivity contribution < 1.29 is 8.94 Å². The number of piperidine rings is 1. The van der Waals surface area contributed by atoms with Gasteiger partial charge >= 0.3 is 0 Å². The molecule has 1 N–H and O–H groups in total. The van der Waals surface area contributed by atoms with E-state index in [0.29, 0.717) is 17.5 Å². The maximum absolute atomic E-state index is 5.24. The van der Waals surface area contributed by atoms with Gasteiger partial charge < -0.3 is 14.3 Å². The number of nitrogens with one attached hydrogen (secondary N) is 1. The number of furan rings is 1. The zero-order valence-electron chi connectivity index (χ0n) is 8.85. The van der Waals surface area contributed by atoms with E-state index in [-0.39, 0.29) is 6.04 Å². The molecule has 0 bridgehead atoms. The highest BCUT2D eigenvalue weighted by atomic mass is 16.5. The van der Waals surface area contributed by atoms with Crippen molar-refractivity contribution in [1.29, 1.82) is 0 Å². The molecular formula is C11H13N3O2. The topological polar surface area (TPSA) is 64.1 Å². The number of rotatable bonds is 2. The van der Waals surface area contributed by atoms with Crippen molar-refractivity contribution in [3.63, 3.8) is 0 Å². The van der Waals surface area contributed by atoms with E-state index in [2.05, 4.69) is 15.5 Å². The molecule has 1 fully saturated rings. The van der Waals surface area contributed by atoms with Gasteiger partial charge in [-0.05, 0) is 31.5 Å². The molecule has 84 valence electrons. The second-order valence-corrected chi connectivity index (χ2v) is 3.94. The maximum atomic E-state index is 5.24. The molecule has 5 heteroatoms. The standard InChI is InChI=1S/C11H13N3O2/c1-2-6-12-8(4-1)11-13-10(14-16-11)9-5-3-7-15-9/h3,5,7-8,12H,1-2,4,6H2/t8-/m0/s1. The summed E-state index contributed by atoms with van der Waals surface area (Å²) in [5.41, 5.74) is 0. The van der Waals surface area contributed by atoms with E-state index >= 15 is 0 Å². The fourth-order valence-electron chi connectivity index (χ4n) is 1.95. The minimum atomic E-state index is 0.199. The van der Waals surface area contributed by atoms with Crippen LogP contribution in [0.3, 0.4) is 0 Å². The normalized spacial score (nSPS) is 21.1. The van der Waals surface area contributed by atoms with E-state index in [1.165, 1.54) is 12.8 Å². The Kier molecular flexibility index (Phi) is 2.46. The molecule has 2 aromatic rings. The highest BCUT2D eigenvalue weighted by molar-refractivity contribution is 5.44. The Morgan fingerprint density at radius 3 is 3.12 bits per heavy atom. The van der Waals surface area contributed by atoms with Gasteiger partial charge in [0.25, 0.3) is 0 Å². The lowest BCUT2D eigenvalue weighted by Crippen LogP contribution is -2.26. The number of hydrogen-bond donors (Lipinski definition) is 1. The molecule has 3 heterocycles. The van der Waals surface area contributed by atoms with Crippen LogP contribution >= 0.6 is 0 Å². The van der Waals surface area contributed by atoms with Crippen molar-refractivity contribution in [1.82, 2.24) is 15.5 Å². The lowest BCUT2D eigenvalue weighted by atomic mass is 10.1. The second kappa shape index (κ2) is 4.09. The highest BCUT2D eigenvalue weighted by Crippen LogP contribution is 2.24. The molecule has 5 nitrogen and oxygen atoms in total. The SMILES string of the molecule is c1coc(-c2noc([C@@H]3CCCCN3)n2)c1. The summed E-state index contributed by atoms with van der Waals surface area (Å²) < 4.78 is 10.5. The first kappa shape index (κ1) is 9.59. The fourth-order valence-corrected chi connectivity index (χ4v) is 1.95. The Morgan fingerprint density at radius 2 is 2.38 bits per heavy atom. The first-order valence-electron chi connectivity index (χ1n) is 5.54. The summed E-state index contributed by atoms with van der Waals surface area (Å²) in [5, 5.41) is 7.28. The molecule has 0 aliphatic carbocycles. The van der Waals surface area contributed by atoms with Crippen LogP contribution in [0.4, 0.5) is 0 Å². The third-order valence-electron chi connectivity index (χ3n) is 2.79. The number of nitrogens with zero attached hydrogens (tertiary/aromatic N) is 2. The van der Waals surface area contributed by atoms with Gasteiger partial charge in [0.15, 0.2) is 5.76 Å². The van der Waals surface area contributed by atoms with Crippen molar-refractivity contribution in [2.45, 2.75) is 25.3 Å². The van der Waals surface area contributed by atoms with Crippen molar-refractivity contribution in [3.05, 3.63) is 24.3 Å². The van der Waals surface area contributed by atoms with Crippen LogP contribution < -0.4 is 5.32 Å². The van der Waals surface area contributed by atoms with E-state index in [1.54, 1.807) is 6.26 Å². The molecule has 1 aliphatic rings. The summed E-state index contributed by atoms with van der Waals surface area (Å²) in [5.74, 6) is 1.82. The molecule has 3 rings (SSSR count). The van der Waals surface area contributed by atoms with E-state index in [4.69, 9.17) is 8.94 Å². The first-order valence-corrected chi connectivity index (χ1v) is 5.54. The van der Waals surface area contributed by atoms with Crippen LogP contribution in [0.5, 0.6) is 0 Å². The van der Waals surface area contributed by atoms with Crippen molar-refractivity contribution >= 4 is 0 Å². The predicted molar refractivity (Wildman–Crippen MR) is 56.6 cm³/mol. The van der Waals surface area contributed by atoms with Crippen LogP contribution in [0.15, 0.2) is 27.3 Å². The quantitative estimate of drug-likeness (QED) is 0.838. The molecule has 0 amide bonds. The predicted octanol–water partition coefficient (Wildman–Crippen LogP) is 2.14. The Bertz CT molecular complexity index is 444. The van der Waals surface area contributed by atoms with Gasteiger partial charge in [0.2, 0.25) is 11.7 Å². The lowest BCUT2D eigenvalue weighted by Gasteiger charge is -2.19. The van der Waals surface area contributed by atoms with Crippen molar-refractivity contribution in [3.8, 4) is 11.6 Å². The molecule has 0 aromatic carbocycles. The van der Waals surface area contributed by atoms with Gasteiger partial charge in [0.1, 0.15) is 0 Å². The van der Waals surface area contributed by atoms with Gasteiger partial charge in [-0.25, -0.2) is 0 Å². The Morgan fingerprint density at radius 1 is 1.38 bits per heavy atom. The zero-order valence-corrected chi connectivity index (χ0v) is 8.85. The van der Waals surface area contributed by atoms with E-state index in [0.717, 1.165) is 13.0 Å². The molecule has 16 heavy (non-hydrogen) atoms. The van der Waals surface area contributed by atoms with Crippen molar-refractivity contribution in [2.75, 3.05) is 6.54 Å². The fraction of sp³-hybridized carbons (Fsp3) is 0.455. The van der Waals surface area contributed by atoms with Gasteiger partial charge in [-0.2, -0.15) is 4.98 Å². The van der Waals surface area contributed by atoms with Crippen LogP contribution in [0, 0.1) is 0 Å².